The zero-order valence-corrected chi connectivity index (χ0v) is 14.2. The molecule has 0 aliphatic carbocycles. The molecule has 0 unspecified atom stereocenters. The van der Waals surface area contributed by atoms with Gasteiger partial charge in [-0.2, -0.15) is 10.2 Å². The van der Waals surface area contributed by atoms with Gasteiger partial charge in [-0.25, -0.2) is 4.39 Å². The first-order valence-corrected chi connectivity index (χ1v) is 8.05. The van der Waals surface area contributed by atoms with Gasteiger partial charge in [0.25, 0.3) is 5.91 Å². The molecule has 0 spiro atoms. The van der Waals surface area contributed by atoms with E-state index in [1.54, 1.807) is 6.20 Å². The van der Waals surface area contributed by atoms with Gasteiger partial charge in [0.05, 0.1) is 11.9 Å². The van der Waals surface area contributed by atoms with Crippen LogP contribution in [0, 0.1) is 12.7 Å². The van der Waals surface area contributed by atoms with Crippen LogP contribution in [0.5, 0.6) is 5.75 Å². The van der Waals surface area contributed by atoms with E-state index in [2.05, 4.69) is 15.5 Å². The zero-order valence-electron chi connectivity index (χ0n) is 14.2. The third-order valence-electron chi connectivity index (χ3n) is 3.86. The Morgan fingerprint density at radius 2 is 2.08 bits per heavy atom. The van der Waals surface area contributed by atoms with E-state index in [1.807, 2.05) is 23.3 Å². The Labute approximate surface area is 144 Å². The van der Waals surface area contributed by atoms with Crippen LogP contribution in [-0.4, -0.2) is 38.6 Å². The molecule has 0 aliphatic heterocycles. The van der Waals surface area contributed by atoms with Crippen molar-refractivity contribution in [3.8, 4) is 5.75 Å². The van der Waals surface area contributed by atoms with Gasteiger partial charge in [-0.1, -0.05) is 0 Å². The van der Waals surface area contributed by atoms with Crippen molar-refractivity contribution in [2.24, 2.45) is 7.05 Å². The zero-order chi connectivity index (χ0) is 17.8. The molecule has 3 rings (SSSR count). The number of nitrogens with zero attached hydrogens (tertiary/aromatic N) is 4. The number of benzene rings is 1. The monoisotopic (exact) mass is 345 g/mol. The average Bonchev–Trinajstić information content (AvgIpc) is 3.13. The number of halogens is 1. The van der Waals surface area contributed by atoms with Gasteiger partial charge in [0, 0.05) is 20.1 Å². The lowest BCUT2D eigenvalue weighted by Gasteiger charge is -2.08. The molecule has 0 aliphatic rings. The standard InChI is InChI=1S/C17H20FN5O2/c1-12-17-15(22(2)21-12)10-20-23(17)9-3-8-19-16(24)11-25-14-6-4-13(18)5-7-14/h4-7,10H,3,8-9,11H2,1-2H3,(H,19,24). The summed E-state index contributed by atoms with van der Waals surface area (Å²) in [6.45, 7) is 3.07. The summed E-state index contributed by atoms with van der Waals surface area (Å²) in [6, 6.07) is 5.56. The van der Waals surface area contributed by atoms with E-state index in [-0.39, 0.29) is 18.3 Å². The van der Waals surface area contributed by atoms with E-state index in [0.29, 0.717) is 18.8 Å². The molecule has 1 N–H and O–H groups in total. The number of hydrogen-bond donors (Lipinski definition) is 1. The SMILES string of the molecule is Cc1nn(C)c2cnn(CCCNC(=O)COc3ccc(F)cc3)c12. The van der Waals surface area contributed by atoms with Crippen LogP contribution in [0.25, 0.3) is 11.0 Å². The van der Waals surface area contributed by atoms with Crippen LogP contribution in [-0.2, 0) is 18.4 Å². The lowest BCUT2D eigenvalue weighted by molar-refractivity contribution is -0.123. The normalized spacial score (nSPS) is 11.0. The summed E-state index contributed by atoms with van der Waals surface area (Å²) >= 11 is 0. The van der Waals surface area contributed by atoms with Crippen LogP contribution in [0.15, 0.2) is 30.5 Å². The van der Waals surface area contributed by atoms with Crippen LogP contribution in [0.3, 0.4) is 0 Å². The molecule has 8 heteroatoms. The first kappa shape index (κ1) is 16.9. The van der Waals surface area contributed by atoms with E-state index >= 15 is 0 Å². The number of aryl methyl sites for hydroxylation is 3. The maximum atomic E-state index is 12.8. The van der Waals surface area contributed by atoms with Crippen LogP contribution >= 0.6 is 0 Å². The molecule has 0 bridgehead atoms. The number of amides is 1. The molecular weight excluding hydrogens is 325 g/mol. The van der Waals surface area contributed by atoms with Crippen LogP contribution < -0.4 is 10.1 Å². The minimum Gasteiger partial charge on any atom is -0.484 e. The average molecular weight is 345 g/mol. The van der Waals surface area contributed by atoms with E-state index in [0.717, 1.165) is 23.1 Å². The molecule has 132 valence electrons. The molecule has 25 heavy (non-hydrogen) atoms. The summed E-state index contributed by atoms with van der Waals surface area (Å²) in [5, 5.41) is 11.5. The fraction of sp³-hybridized carbons (Fsp3) is 0.353. The van der Waals surface area contributed by atoms with E-state index < -0.39 is 0 Å². The molecule has 7 nitrogen and oxygen atoms in total. The van der Waals surface area contributed by atoms with Gasteiger partial charge in [-0.05, 0) is 37.6 Å². The number of aromatic nitrogens is 4. The van der Waals surface area contributed by atoms with Gasteiger partial charge in [0.15, 0.2) is 6.61 Å². The highest BCUT2D eigenvalue weighted by atomic mass is 19.1. The van der Waals surface area contributed by atoms with Gasteiger partial charge in [0.1, 0.15) is 22.6 Å². The van der Waals surface area contributed by atoms with Crippen molar-refractivity contribution in [3.05, 3.63) is 42.0 Å². The predicted molar refractivity (Wildman–Crippen MR) is 90.8 cm³/mol. The van der Waals surface area contributed by atoms with Gasteiger partial charge < -0.3 is 10.1 Å². The first-order valence-electron chi connectivity index (χ1n) is 8.05. The van der Waals surface area contributed by atoms with Crippen molar-refractivity contribution in [2.45, 2.75) is 19.9 Å². The van der Waals surface area contributed by atoms with E-state index in [1.165, 1.54) is 24.3 Å². The van der Waals surface area contributed by atoms with Crippen LogP contribution in [0.2, 0.25) is 0 Å². The second-order valence-corrected chi connectivity index (χ2v) is 5.76. The number of carbonyl (C=O) groups excluding carboxylic acids is 1. The van der Waals surface area contributed by atoms with Gasteiger partial charge >= 0.3 is 0 Å². The smallest absolute Gasteiger partial charge is 0.257 e. The highest BCUT2D eigenvalue weighted by Gasteiger charge is 2.11. The highest BCUT2D eigenvalue weighted by molar-refractivity contribution is 5.78. The molecule has 1 aromatic carbocycles. The fourth-order valence-corrected chi connectivity index (χ4v) is 2.67. The Hall–Kier alpha value is -2.90. The summed E-state index contributed by atoms with van der Waals surface area (Å²) < 4.78 is 21.8. The van der Waals surface area contributed by atoms with Crippen molar-refractivity contribution >= 4 is 16.9 Å². The van der Waals surface area contributed by atoms with Gasteiger partial charge in [0.2, 0.25) is 0 Å². The quantitative estimate of drug-likeness (QED) is 0.663. The number of carbonyl (C=O) groups is 1. The van der Waals surface area contributed by atoms with Crippen LogP contribution in [0.4, 0.5) is 4.39 Å². The highest BCUT2D eigenvalue weighted by Crippen LogP contribution is 2.16. The fourth-order valence-electron chi connectivity index (χ4n) is 2.67. The Balaban J connectivity index is 1.41. The van der Waals surface area contributed by atoms with Crippen molar-refractivity contribution in [3.63, 3.8) is 0 Å². The lowest BCUT2D eigenvalue weighted by Crippen LogP contribution is -2.30. The second kappa shape index (κ2) is 7.33. The molecule has 0 saturated heterocycles. The Bertz CT molecular complexity index is 869. The summed E-state index contributed by atoms with van der Waals surface area (Å²) in [7, 11) is 1.89. The summed E-state index contributed by atoms with van der Waals surface area (Å²) in [6.07, 6.45) is 2.54. The molecule has 1 amide bonds. The molecular formula is C17H20FN5O2. The lowest BCUT2D eigenvalue weighted by atomic mass is 10.3. The molecule has 0 saturated carbocycles. The first-order chi connectivity index (χ1) is 12.0. The Morgan fingerprint density at radius 1 is 1.32 bits per heavy atom. The summed E-state index contributed by atoms with van der Waals surface area (Å²) in [4.78, 5) is 11.8. The second-order valence-electron chi connectivity index (χ2n) is 5.76. The number of nitrogens with one attached hydrogen (secondary N) is 1. The third-order valence-corrected chi connectivity index (χ3v) is 3.86. The molecule has 2 heterocycles. The maximum Gasteiger partial charge on any atom is 0.257 e. The van der Waals surface area contributed by atoms with Crippen molar-refractivity contribution < 1.29 is 13.9 Å². The Kier molecular flexibility index (Phi) is 4.97. The van der Waals surface area contributed by atoms with Gasteiger partial charge in [-0.15, -0.1) is 0 Å². The number of fused-ring (bicyclic) bond motifs is 1. The topological polar surface area (TPSA) is 74.0 Å². The molecule has 0 atom stereocenters. The van der Waals surface area contributed by atoms with Crippen molar-refractivity contribution in [1.82, 2.24) is 24.9 Å². The largest absolute Gasteiger partial charge is 0.484 e. The molecule has 0 radical (unpaired) electrons. The van der Waals surface area contributed by atoms with E-state index in [4.69, 9.17) is 4.74 Å². The molecule has 0 fully saturated rings. The van der Waals surface area contributed by atoms with Gasteiger partial charge in [-0.3, -0.25) is 14.2 Å². The number of hydrogen-bond acceptors (Lipinski definition) is 4. The molecule has 2 aromatic heterocycles. The van der Waals surface area contributed by atoms with Crippen LogP contribution in [0.1, 0.15) is 12.1 Å². The van der Waals surface area contributed by atoms with E-state index in [9.17, 15) is 9.18 Å². The van der Waals surface area contributed by atoms with Crippen molar-refractivity contribution in [2.75, 3.05) is 13.2 Å². The minimum absolute atomic E-state index is 0.0979. The molecule has 3 aromatic rings. The third kappa shape index (κ3) is 3.96. The number of rotatable bonds is 7. The van der Waals surface area contributed by atoms with Crippen molar-refractivity contribution in [1.29, 1.82) is 0 Å². The summed E-state index contributed by atoms with van der Waals surface area (Å²) in [5.74, 6) is -0.0941. The predicted octanol–water partition coefficient (Wildman–Crippen LogP) is 1.80. The number of ether oxygens (including phenoxy) is 1. The minimum atomic E-state index is -0.339. The summed E-state index contributed by atoms with van der Waals surface area (Å²) in [5.41, 5.74) is 2.95. The Morgan fingerprint density at radius 3 is 2.84 bits per heavy atom. The maximum absolute atomic E-state index is 12.8.